The molecule has 0 bridgehead atoms. The van der Waals surface area contributed by atoms with Crippen LogP contribution in [0.25, 0.3) is 0 Å². The summed E-state index contributed by atoms with van der Waals surface area (Å²) in [6.45, 7) is 2.74. The molecule has 1 fully saturated rings. The second kappa shape index (κ2) is 8.71. The van der Waals surface area contributed by atoms with Crippen LogP contribution in [0, 0.1) is 5.82 Å². The molecule has 7 heteroatoms. The zero-order valence-electron chi connectivity index (χ0n) is 15.5. The maximum absolute atomic E-state index is 14.7. The van der Waals surface area contributed by atoms with Gasteiger partial charge in [-0.1, -0.05) is 18.2 Å². The van der Waals surface area contributed by atoms with Crippen molar-refractivity contribution in [1.29, 1.82) is 0 Å². The van der Waals surface area contributed by atoms with E-state index < -0.39 is 0 Å². The number of rotatable bonds is 4. The van der Waals surface area contributed by atoms with Crippen molar-refractivity contribution in [2.75, 3.05) is 18.4 Å². The first-order valence-electron chi connectivity index (χ1n) is 9.31. The monoisotopic (exact) mass is 403 g/mol. The smallest absolute Gasteiger partial charge is 0.255 e. The number of hydrogen-bond acceptors (Lipinski definition) is 3. The Labute approximate surface area is 169 Å². The van der Waals surface area contributed by atoms with Crippen LogP contribution in [0.2, 0.25) is 0 Å². The van der Waals surface area contributed by atoms with Gasteiger partial charge in [0.25, 0.3) is 5.91 Å². The summed E-state index contributed by atoms with van der Waals surface area (Å²) in [5, 5.41) is 5.89. The van der Waals surface area contributed by atoms with E-state index in [-0.39, 0.29) is 35.7 Å². The second-order valence-electron chi connectivity index (χ2n) is 7.06. The number of nitrogens with one attached hydrogen (secondary N) is 2. The van der Waals surface area contributed by atoms with Gasteiger partial charge in [-0.15, -0.1) is 12.4 Å². The molecule has 2 heterocycles. The number of benzene rings is 2. The van der Waals surface area contributed by atoms with Gasteiger partial charge in [0.15, 0.2) is 0 Å². The summed E-state index contributed by atoms with van der Waals surface area (Å²) in [5.41, 5.74) is 3.28. The average molecular weight is 404 g/mol. The Morgan fingerprint density at radius 2 is 1.93 bits per heavy atom. The van der Waals surface area contributed by atoms with Crippen molar-refractivity contribution in [3.63, 3.8) is 0 Å². The lowest BCUT2D eigenvalue weighted by molar-refractivity contribution is -0.128. The van der Waals surface area contributed by atoms with Crippen molar-refractivity contribution in [2.45, 2.75) is 32.4 Å². The summed E-state index contributed by atoms with van der Waals surface area (Å²) in [5.74, 6) is -0.506. The van der Waals surface area contributed by atoms with Gasteiger partial charge in [-0.25, -0.2) is 4.39 Å². The number of hydrogen-bond donors (Lipinski definition) is 2. The van der Waals surface area contributed by atoms with Gasteiger partial charge in [-0.2, -0.15) is 0 Å². The van der Waals surface area contributed by atoms with Gasteiger partial charge in [0.2, 0.25) is 5.91 Å². The van der Waals surface area contributed by atoms with Crippen LogP contribution in [0.3, 0.4) is 0 Å². The van der Waals surface area contributed by atoms with E-state index in [1.54, 1.807) is 18.2 Å². The SMILES string of the molecule is Cl.O=C(Nc1ccc2c(c1F)CCNC2)c1ccc(CN2CCCC2=O)cc1. The molecule has 0 aromatic heterocycles. The van der Waals surface area contributed by atoms with Crippen LogP contribution in [0.5, 0.6) is 0 Å². The van der Waals surface area contributed by atoms with Crippen LogP contribution in [-0.4, -0.2) is 29.8 Å². The van der Waals surface area contributed by atoms with Crippen LogP contribution >= 0.6 is 12.4 Å². The summed E-state index contributed by atoms with van der Waals surface area (Å²) in [6.07, 6.45) is 2.14. The Morgan fingerprint density at radius 3 is 2.64 bits per heavy atom. The first-order valence-corrected chi connectivity index (χ1v) is 9.31. The van der Waals surface area contributed by atoms with Crippen LogP contribution in [0.1, 0.15) is 39.9 Å². The number of amides is 2. The lowest BCUT2D eigenvalue weighted by atomic mass is 9.99. The Hall–Kier alpha value is -2.44. The van der Waals surface area contributed by atoms with E-state index in [4.69, 9.17) is 0 Å². The van der Waals surface area contributed by atoms with E-state index in [1.165, 1.54) is 0 Å². The maximum atomic E-state index is 14.7. The molecule has 1 saturated heterocycles. The highest BCUT2D eigenvalue weighted by Gasteiger charge is 2.20. The fourth-order valence-electron chi connectivity index (χ4n) is 3.68. The van der Waals surface area contributed by atoms with E-state index in [9.17, 15) is 14.0 Å². The quantitative estimate of drug-likeness (QED) is 0.823. The fourth-order valence-corrected chi connectivity index (χ4v) is 3.68. The zero-order chi connectivity index (χ0) is 18.8. The third kappa shape index (κ3) is 4.18. The Balaban J connectivity index is 0.00000225. The second-order valence-corrected chi connectivity index (χ2v) is 7.06. The highest BCUT2D eigenvalue weighted by Crippen LogP contribution is 2.25. The number of anilines is 1. The van der Waals surface area contributed by atoms with Crippen LogP contribution in [-0.2, 0) is 24.3 Å². The van der Waals surface area contributed by atoms with Crippen molar-refractivity contribution in [1.82, 2.24) is 10.2 Å². The summed E-state index contributed by atoms with van der Waals surface area (Å²) < 4.78 is 14.7. The largest absolute Gasteiger partial charge is 0.338 e. The molecule has 148 valence electrons. The number of nitrogens with zero attached hydrogens (tertiary/aromatic N) is 1. The van der Waals surface area contributed by atoms with Crippen LogP contribution in [0.4, 0.5) is 10.1 Å². The van der Waals surface area contributed by atoms with Crippen molar-refractivity contribution in [3.8, 4) is 0 Å². The normalized spacial score (nSPS) is 15.8. The first kappa shape index (κ1) is 20.3. The topological polar surface area (TPSA) is 61.4 Å². The molecule has 2 aliphatic heterocycles. The van der Waals surface area contributed by atoms with E-state index in [2.05, 4.69) is 10.6 Å². The van der Waals surface area contributed by atoms with Gasteiger partial charge in [-0.05, 0) is 54.3 Å². The van der Waals surface area contributed by atoms with Gasteiger partial charge in [0, 0.05) is 31.6 Å². The lowest BCUT2D eigenvalue weighted by Crippen LogP contribution is -2.25. The molecular formula is C21H23ClFN3O2. The molecule has 0 aliphatic carbocycles. The highest BCUT2D eigenvalue weighted by atomic mass is 35.5. The van der Waals surface area contributed by atoms with Crippen molar-refractivity contribution in [2.24, 2.45) is 0 Å². The summed E-state index contributed by atoms with van der Waals surface area (Å²) in [6, 6.07) is 10.6. The van der Waals surface area contributed by atoms with Crippen molar-refractivity contribution >= 4 is 29.9 Å². The van der Waals surface area contributed by atoms with E-state index >= 15 is 0 Å². The van der Waals surface area contributed by atoms with Crippen LogP contribution < -0.4 is 10.6 Å². The number of carbonyl (C=O) groups is 2. The molecule has 0 saturated carbocycles. The lowest BCUT2D eigenvalue weighted by Gasteiger charge is -2.19. The van der Waals surface area contributed by atoms with E-state index in [0.717, 1.165) is 30.6 Å². The molecule has 0 spiro atoms. The number of carbonyl (C=O) groups excluding carboxylic acids is 2. The molecule has 5 nitrogen and oxygen atoms in total. The zero-order valence-corrected chi connectivity index (χ0v) is 16.3. The molecule has 0 radical (unpaired) electrons. The minimum Gasteiger partial charge on any atom is -0.338 e. The van der Waals surface area contributed by atoms with Crippen LogP contribution in [0.15, 0.2) is 36.4 Å². The first-order chi connectivity index (χ1) is 13.1. The van der Waals surface area contributed by atoms with Gasteiger partial charge in [0.1, 0.15) is 5.82 Å². The van der Waals surface area contributed by atoms with Gasteiger partial charge in [0.05, 0.1) is 5.69 Å². The van der Waals surface area contributed by atoms with Gasteiger partial charge < -0.3 is 15.5 Å². The maximum Gasteiger partial charge on any atom is 0.255 e. The van der Waals surface area contributed by atoms with Gasteiger partial charge >= 0.3 is 0 Å². The van der Waals surface area contributed by atoms with E-state index in [1.807, 2.05) is 23.1 Å². The Morgan fingerprint density at radius 1 is 1.14 bits per heavy atom. The molecule has 2 amide bonds. The van der Waals surface area contributed by atoms with Crippen molar-refractivity contribution < 1.29 is 14.0 Å². The highest BCUT2D eigenvalue weighted by molar-refractivity contribution is 6.04. The molecule has 2 aliphatic rings. The minimum atomic E-state index is -0.341. The molecule has 0 unspecified atom stereocenters. The fraction of sp³-hybridized carbons (Fsp3) is 0.333. The molecule has 2 N–H and O–H groups in total. The van der Waals surface area contributed by atoms with E-state index in [0.29, 0.717) is 37.1 Å². The standard InChI is InChI=1S/C21H22FN3O2.ClH/c22-20-17-9-10-23-12-16(17)7-8-18(20)24-21(27)15-5-3-14(4-6-15)13-25-11-1-2-19(25)26;/h3-8,23H,1-2,9-13H2,(H,24,27);1H. The minimum absolute atomic E-state index is 0. The predicted octanol–water partition coefficient (Wildman–Crippen LogP) is 3.27. The summed E-state index contributed by atoms with van der Waals surface area (Å²) in [7, 11) is 0. The molecule has 0 atom stereocenters. The number of halogens is 2. The summed E-state index contributed by atoms with van der Waals surface area (Å²) >= 11 is 0. The number of fused-ring (bicyclic) bond motifs is 1. The Bertz CT molecular complexity index is 886. The molecule has 4 rings (SSSR count). The molecular weight excluding hydrogens is 381 g/mol. The molecule has 2 aromatic carbocycles. The molecule has 2 aromatic rings. The van der Waals surface area contributed by atoms with Gasteiger partial charge in [-0.3, -0.25) is 9.59 Å². The predicted molar refractivity (Wildman–Crippen MR) is 108 cm³/mol. The van der Waals surface area contributed by atoms with Crippen molar-refractivity contribution in [3.05, 3.63) is 64.5 Å². The third-order valence-corrected chi connectivity index (χ3v) is 5.22. The average Bonchev–Trinajstić information content (AvgIpc) is 3.09. The summed E-state index contributed by atoms with van der Waals surface area (Å²) in [4.78, 5) is 26.0. The molecule has 28 heavy (non-hydrogen) atoms. The number of likely N-dealkylation sites (tertiary alicyclic amines) is 1. The third-order valence-electron chi connectivity index (χ3n) is 5.22. The Kier molecular flexibility index (Phi) is 6.31.